The molecule has 3 rings (SSSR count). The molecule has 0 aromatic heterocycles. The molecule has 2 aromatic carbocycles. The highest BCUT2D eigenvalue weighted by atomic mass is 16.5. The number of guanidine groups is 1. The van der Waals surface area contributed by atoms with E-state index >= 15 is 0 Å². The molecule has 1 atom stereocenters. The van der Waals surface area contributed by atoms with Crippen LogP contribution in [0.5, 0.6) is 5.75 Å². The predicted molar refractivity (Wildman–Crippen MR) is 121 cm³/mol. The Kier molecular flexibility index (Phi) is 8.38. The van der Waals surface area contributed by atoms with Crippen LogP contribution in [0.15, 0.2) is 59.6 Å². The Morgan fingerprint density at radius 2 is 1.90 bits per heavy atom. The highest BCUT2D eigenvalue weighted by Gasteiger charge is 2.22. The molecule has 2 aromatic rings. The first kappa shape index (κ1) is 21.2. The lowest BCUT2D eigenvalue weighted by atomic mass is 10.1. The topological polar surface area (TPSA) is 48.9 Å². The number of para-hydroxylation sites is 1. The summed E-state index contributed by atoms with van der Waals surface area (Å²) in [6.45, 7) is 7.82. The number of rotatable bonds is 9. The third-order valence-corrected chi connectivity index (χ3v) is 5.43. The molecule has 1 unspecified atom stereocenters. The van der Waals surface area contributed by atoms with Crippen LogP contribution in [-0.4, -0.2) is 50.7 Å². The lowest BCUT2D eigenvalue weighted by molar-refractivity contribution is 0.328. The number of ether oxygens (including phenoxy) is 1. The van der Waals surface area contributed by atoms with Crippen LogP contribution in [0.4, 0.5) is 0 Å². The zero-order chi connectivity index (χ0) is 20.3. The van der Waals surface area contributed by atoms with Crippen molar-refractivity contribution in [3.05, 3.63) is 65.7 Å². The third-order valence-electron chi connectivity index (χ3n) is 5.43. The fourth-order valence-corrected chi connectivity index (χ4v) is 3.80. The van der Waals surface area contributed by atoms with Crippen molar-refractivity contribution in [3.8, 4) is 5.75 Å². The maximum Gasteiger partial charge on any atom is 0.191 e. The number of hydrogen-bond acceptors (Lipinski definition) is 3. The van der Waals surface area contributed by atoms with E-state index < -0.39 is 0 Å². The summed E-state index contributed by atoms with van der Waals surface area (Å²) in [7, 11) is 1.82. The van der Waals surface area contributed by atoms with E-state index in [0.29, 0.717) is 19.1 Å². The Bertz CT molecular complexity index is 762. The summed E-state index contributed by atoms with van der Waals surface area (Å²) in [5, 5.41) is 6.91. The Balaban J connectivity index is 1.39. The molecule has 0 spiro atoms. The van der Waals surface area contributed by atoms with Gasteiger partial charge in [0.1, 0.15) is 5.75 Å². The van der Waals surface area contributed by atoms with Crippen molar-refractivity contribution in [3.63, 3.8) is 0 Å². The Labute approximate surface area is 175 Å². The first-order valence-corrected chi connectivity index (χ1v) is 10.7. The molecule has 0 amide bonds. The molecular formula is C24H34N4O. The van der Waals surface area contributed by atoms with Crippen molar-refractivity contribution in [1.29, 1.82) is 0 Å². The van der Waals surface area contributed by atoms with E-state index in [4.69, 9.17) is 4.74 Å². The molecule has 1 fully saturated rings. The average Bonchev–Trinajstić information content (AvgIpc) is 3.22. The quantitative estimate of drug-likeness (QED) is 0.506. The lowest BCUT2D eigenvalue weighted by Crippen LogP contribution is -2.40. The van der Waals surface area contributed by atoms with Crippen LogP contribution in [0.1, 0.15) is 24.5 Å². The zero-order valence-electron chi connectivity index (χ0n) is 17.7. The van der Waals surface area contributed by atoms with Crippen molar-refractivity contribution in [2.45, 2.75) is 26.3 Å². The van der Waals surface area contributed by atoms with E-state index in [-0.39, 0.29) is 0 Å². The fourth-order valence-electron chi connectivity index (χ4n) is 3.80. The highest BCUT2D eigenvalue weighted by molar-refractivity contribution is 5.79. The van der Waals surface area contributed by atoms with Gasteiger partial charge in [0.25, 0.3) is 0 Å². The van der Waals surface area contributed by atoms with Gasteiger partial charge in [0.05, 0.1) is 6.61 Å². The second-order valence-corrected chi connectivity index (χ2v) is 7.54. The number of benzene rings is 2. The van der Waals surface area contributed by atoms with Gasteiger partial charge in [0, 0.05) is 38.8 Å². The number of nitrogens with one attached hydrogen (secondary N) is 2. The fraction of sp³-hybridized carbons (Fsp3) is 0.458. The van der Waals surface area contributed by atoms with E-state index in [1.807, 2.05) is 32.2 Å². The Morgan fingerprint density at radius 1 is 1.10 bits per heavy atom. The van der Waals surface area contributed by atoms with Crippen molar-refractivity contribution < 1.29 is 4.74 Å². The molecule has 1 saturated heterocycles. The van der Waals surface area contributed by atoms with E-state index in [0.717, 1.165) is 43.3 Å². The SMILES string of the molecule is CCOc1ccccc1CNC(=NC)NCC1CCN(CCc2ccccc2)C1. The second kappa shape index (κ2) is 11.5. The Hall–Kier alpha value is -2.53. The molecule has 5 heteroatoms. The maximum atomic E-state index is 5.71. The summed E-state index contributed by atoms with van der Waals surface area (Å²) in [6.07, 6.45) is 2.37. The summed E-state index contributed by atoms with van der Waals surface area (Å²) >= 11 is 0. The van der Waals surface area contributed by atoms with E-state index in [2.05, 4.69) is 56.9 Å². The molecule has 2 N–H and O–H groups in total. The molecule has 1 aliphatic rings. The largest absolute Gasteiger partial charge is 0.494 e. The molecule has 0 saturated carbocycles. The van der Waals surface area contributed by atoms with Crippen molar-refractivity contribution in [1.82, 2.24) is 15.5 Å². The molecule has 1 heterocycles. The summed E-state index contributed by atoms with van der Waals surface area (Å²) in [4.78, 5) is 6.95. The van der Waals surface area contributed by atoms with Gasteiger partial charge in [-0.2, -0.15) is 0 Å². The van der Waals surface area contributed by atoms with Crippen LogP contribution in [-0.2, 0) is 13.0 Å². The molecule has 156 valence electrons. The van der Waals surface area contributed by atoms with Gasteiger partial charge >= 0.3 is 0 Å². The van der Waals surface area contributed by atoms with Crippen LogP contribution in [0.25, 0.3) is 0 Å². The first-order valence-electron chi connectivity index (χ1n) is 10.7. The first-order chi connectivity index (χ1) is 14.3. The molecule has 5 nitrogen and oxygen atoms in total. The van der Waals surface area contributed by atoms with Gasteiger partial charge in [0.15, 0.2) is 5.96 Å². The van der Waals surface area contributed by atoms with Crippen LogP contribution < -0.4 is 15.4 Å². The minimum atomic E-state index is 0.667. The molecular weight excluding hydrogens is 360 g/mol. The molecule has 1 aliphatic heterocycles. The molecule has 0 aliphatic carbocycles. The maximum absolute atomic E-state index is 5.71. The van der Waals surface area contributed by atoms with Crippen LogP contribution in [0, 0.1) is 5.92 Å². The van der Waals surface area contributed by atoms with Gasteiger partial charge in [-0.05, 0) is 43.9 Å². The molecule has 0 radical (unpaired) electrons. The minimum absolute atomic E-state index is 0.667. The van der Waals surface area contributed by atoms with Crippen molar-refractivity contribution in [2.75, 3.05) is 39.8 Å². The monoisotopic (exact) mass is 394 g/mol. The minimum Gasteiger partial charge on any atom is -0.494 e. The van der Waals surface area contributed by atoms with Crippen molar-refractivity contribution >= 4 is 5.96 Å². The smallest absolute Gasteiger partial charge is 0.191 e. The number of nitrogens with zero attached hydrogens (tertiary/aromatic N) is 2. The van der Waals surface area contributed by atoms with E-state index in [1.165, 1.54) is 18.5 Å². The average molecular weight is 395 g/mol. The van der Waals surface area contributed by atoms with Crippen LogP contribution in [0.3, 0.4) is 0 Å². The summed E-state index contributed by atoms with van der Waals surface area (Å²) in [5.74, 6) is 2.45. The Morgan fingerprint density at radius 3 is 2.69 bits per heavy atom. The highest BCUT2D eigenvalue weighted by Crippen LogP contribution is 2.18. The van der Waals surface area contributed by atoms with Gasteiger partial charge in [-0.15, -0.1) is 0 Å². The second-order valence-electron chi connectivity index (χ2n) is 7.54. The van der Waals surface area contributed by atoms with Gasteiger partial charge < -0.3 is 20.3 Å². The standard InChI is InChI=1S/C24H34N4O/c1-3-29-23-12-8-7-11-22(23)18-27-24(25-2)26-17-21-14-16-28(19-21)15-13-20-9-5-4-6-10-20/h4-12,21H,3,13-19H2,1-2H3,(H2,25,26,27). The van der Waals surface area contributed by atoms with Crippen LogP contribution in [0.2, 0.25) is 0 Å². The zero-order valence-corrected chi connectivity index (χ0v) is 17.7. The van der Waals surface area contributed by atoms with E-state index in [1.54, 1.807) is 0 Å². The molecule has 0 bridgehead atoms. The normalized spacial score (nSPS) is 17.3. The van der Waals surface area contributed by atoms with Crippen molar-refractivity contribution in [2.24, 2.45) is 10.9 Å². The third kappa shape index (κ3) is 6.79. The summed E-state index contributed by atoms with van der Waals surface area (Å²) < 4.78 is 5.71. The predicted octanol–water partition coefficient (Wildman–Crippen LogP) is 3.31. The lowest BCUT2D eigenvalue weighted by Gasteiger charge is -2.18. The number of aliphatic imine (C=N–C) groups is 1. The van der Waals surface area contributed by atoms with Crippen LogP contribution >= 0.6 is 0 Å². The summed E-state index contributed by atoms with van der Waals surface area (Å²) in [5.41, 5.74) is 2.57. The summed E-state index contributed by atoms with van der Waals surface area (Å²) in [6, 6.07) is 18.9. The van der Waals surface area contributed by atoms with Gasteiger partial charge in [-0.3, -0.25) is 4.99 Å². The molecule has 29 heavy (non-hydrogen) atoms. The van der Waals surface area contributed by atoms with E-state index in [9.17, 15) is 0 Å². The van der Waals surface area contributed by atoms with Gasteiger partial charge in [-0.25, -0.2) is 0 Å². The van der Waals surface area contributed by atoms with Gasteiger partial charge in [-0.1, -0.05) is 48.5 Å². The number of likely N-dealkylation sites (tertiary alicyclic amines) is 1. The van der Waals surface area contributed by atoms with Gasteiger partial charge in [0.2, 0.25) is 0 Å². The number of hydrogen-bond donors (Lipinski definition) is 2.